The molecule has 2 amide bonds. The molecule has 0 aliphatic heterocycles. The number of amides is 2. The molecule has 0 atom stereocenters. The summed E-state index contributed by atoms with van der Waals surface area (Å²) in [6.07, 6.45) is 1.78. The average molecular weight is 368 g/mol. The largest absolute Gasteiger partial charge is 0.350 e. The summed E-state index contributed by atoms with van der Waals surface area (Å²) in [4.78, 5) is 29.6. The van der Waals surface area contributed by atoms with E-state index in [1.165, 1.54) is 18.2 Å². The van der Waals surface area contributed by atoms with Gasteiger partial charge in [-0.15, -0.1) is 0 Å². The van der Waals surface area contributed by atoms with Crippen molar-refractivity contribution in [2.45, 2.75) is 20.8 Å². The first-order chi connectivity index (χ1) is 12.8. The highest BCUT2D eigenvalue weighted by Gasteiger charge is 2.21. The summed E-state index contributed by atoms with van der Waals surface area (Å²) in [6.45, 7) is 6.38. The van der Waals surface area contributed by atoms with E-state index in [2.05, 4.69) is 15.6 Å². The van der Waals surface area contributed by atoms with Crippen LogP contribution in [-0.4, -0.2) is 27.7 Å². The maximum atomic E-state index is 13.4. The number of aromatic nitrogens is 2. The van der Waals surface area contributed by atoms with E-state index in [0.29, 0.717) is 12.2 Å². The minimum atomic E-state index is -0.535. The highest BCUT2D eigenvalue weighted by molar-refractivity contribution is 6.08. The zero-order chi connectivity index (χ0) is 19.6. The topological polar surface area (TPSA) is 75.5 Å². The van der Waals surface area contributed by atoms with Gasteiger partial charge in [-0.1, -0.05) is 26.0 Å². The lowest BCUT2D eigenvalue weighted by atomic mass is 10.2. The Balaban J connectivity index is 1.99. The van der Waals surface area contributed by atoms with Crippen molar-refractivity contribution in [3.63, 3.8) is 0 Å². The molecule has 0 spiro atoms. The highest BCUT2D eigenvalue weighted by atomic mass is 19.1. The Morgan fingerprint density at radius 2 is 1.96 bits per heavy atom. The van der Waals surface area contributed by atoms with Gasteiger partial charge in [-0.25, -0.2) is 9.37 Å². The maximum absolute atomic E-state index is 13.4. The van der Waals surface area contributed by atoms with Crippen LogP contribution in [0.3, 0.4) is 0 Å². The number of hydrogen-bond donors (Lipinski definition) is 2. The van der Waals surface area contributed by atoms with Gasteiger partial charge in [-0.05, 0) is 42.7 Å². The fourth-order valence-electron chi connectivity index (χ4n) is 2.64. The van der Waals surface area contributed by atoms with E-state index in [1.54, 1.807) is 16.7 Å². The van der Waals surface area contributed by atoms with E-state index in [0.717, 1.165) is 11.6 Å². The molecule has 0 unspecified atom stereocenters. The van der Waals surface area contributed by atoms with Crippen LogP contribution in [0.25, 0.3) is 5.65 Å². The summed E-state index contributed by atoms with van der Waals surface area (Å²) in [5, 5.41) is 5.48. The van der Waals surface area contributed by atoms with Crippen LogP contribution >= 0.6 is 0 Å². The molecule has 1 aromatic carbocycles. The van der Waals surface area contributed by atoms with Gasteiger partial charge in [-0.2, -0.15) is 0 Å². The predicted molar refractivity (Wildman–Crippen MR) is 101 cm³/mol. The van der Waals surface area contributed by atoms with Crippen molar-refractivity contribution in [2.24, 2.45) is 5.92 Å². The smallest absolute Gasteiger partial charge is 0.272 e. The van der Waals surface area contributed by atoms with Gasteiger partial charge >= 0.3 is 0 Å². The first-order valence-corrected chi connectivity index (χ1v) is 8.69. The second-order valence-electron chi connectivity index (χ2n) is 6.81. The molecule has 27 heavy (non-hydrogen) atoms. The number of rotatable bonds is 5. The lowest BCUT2D eigenvalue weighted by Crippen LogP contribution is -2.29. The molecule has 0 fully saturated rings. The highest BCUT2D eigenvalue weighted by Crippen LogP contribution is 2.20. The van der Waals surface area contributed by atoms with Crippen LogP contribution in [0.15, 0.2) is 42.6 Å². The number of hydrogen-bond acceptors (Lipinski definition) is 3. The van der Waals surface area contributed by atoms with Gasteiger partial charge < -0.3 is 10.6 Å². The molecular weight excluding hydrogens is 347 g/mol. The lowest BCUT2D eigenvalue weighted by Gasteiger charge is -2.10. The second kappa shape index (κ2) is 7.57. The molecule has 2 heterocycles. The number of aryl methyl sites for hydroxylation is 1. The molecule has 3 aromatic rings. The molecule has 2 N–H and O–H groups in total. The van der Waals surface area contributed by atoms with Crippen molar-refractivity contribution in [3.05, 3.63) is 65.2 Å². The molecule has 6 nitrogen and oxygen atoms in total. The summed E-state index contributed by atoms with van der Waals surface area (Å²) < 4.78 is 15.0. The van der Waals surface area contributed by atoms with Crippen LogP contribution in [0.4, 0.5) is 10.2 Å². The monoisotopic (exact) mass is 368 g/mol. The Morgan fingerprint density at radius 1 is 1.19 bits per heavy atom. The molecule has 0 radical (unpaired) electrons. The standard InChI is InChI=1S/C20H21FN4O2/c1-12(2)10-22-20(27)17-18(23-16-8-7-13(3)11-25(16)17)24-19(26)14-5-4-6-15(21)9-14/h4-9,11-12H,10H2,1-3H3,(H,22,27)(H,24,26). The molecular formula is C20H21FN4O2. The molecule has 0 aliphatic carbocycles. The van der Waals surface area contributed by atoms with E-state index in [-0.39, 0.29) is 28.9 Å². The third kappa shape index (κ3) is 4.13. The van der Waals surface area contributed by atoms with Crippen LogP contribution in [0, 0.1) is 18.7 Å². The van der Waals surface area contributed by atoms with Gasteiger partial charge in [0.1, 0.15) is 11.5 Å². The van der Waals surface area contributed by atoms with E-state index in [1.807, 2.05) is 26.8 Å². The zero-order valence-corrected chi connectivity index (χ0v) is 15.4. The van der Waals surface area contributed by atoms with E-state index in [4.69, 9.17) is 0 Å². The molecule has 7 heteroatoms. The van der Waals surface area contributed by atoms with Gasteiger partial charge in [0.2, 0.25) is 0 Å². The number of carbonyl (C=O) groups excluding carboxylic acids is 2. The molecule has 2 aromatic heterocycles. The van der Waals surface area contributed by atoms with Crippen molar-refractivity contribution in [2.75, 3.05) is 11.9 Å². The number of imidazole rings is 1. The Hall–Kier alpha value is -3.22. The number of halogens is 1. The molecule has 0 saturated heterocycles. The fraction of sp³-hybridized carbons (Fsp3) is 0.250. The van der Waals surface area contributed by atoms with Gasteiger partial charge in [0, 0.05) is 18.3 Å². The number of pyridine rings is 1. The van der Waals surface area contributed by atoms with Crippen molar-refractivity contribution >= 4 is 23.3 Å². The van der Waals surface area contributed by atoms with Gasteiger partial charge in [0.15, 0.2) is 11.5 Å². The summed E-state index contributed by atoms with van der Waals surface area (Å²) >= 11 is 0. The van der Waals surface area contributed by atoms with Crippen molar-refractivity contribution < 1.29 is 14.0 Å². The van der Waals surface area contributed by atoms with Crippen LogP contribution in [0.2, 0.25) is 0 Å². The van der Waals surface area contributed by atoms with Gasteiger partial charge in [0.05, 0.1) is 0 Å². The Labute approximate surface area is 156 Å². The quantitative estimate of drug-likeness (QED) is 0.725. The fourth-order valence-corrected chi connectivity index (χ4v) is 2.64. The summed E-state index contributed by atoms with van der Waals surface area (Å²) in [7, 11) is 0. The Bertz CT molecular complexity index is 1010. The van der Waals surface area contributed by atoms with Gasteiger partial charge in [-0.3, -0.25) is 14.0 Å². The van der Waals surface area contributed by atoms with Crippen molar-refractivity contribution in [3.8, 4) is 0 Å². The molecule has 0 aliphatic rings. The normalized spacial score (nSPS) is 11.0. The molecule has 0 bridgehead atoms. The van der Waals surface area contributed by atoms with Crippen LogP contribution in [0.5, 0.6) is 0 Å². The van der Waals surface area contributed by atoms with Crippen LogP contribution in [-0.2, 0) is 0 Å². The number of nitrogens with zero attached hydrogens (tertiary/aromatic N) is 2. The van der Waals surface area contributed by atoms with E-state index in [9.17, 15) is 14.0 Å². The first-order valence-electron chi connectivity index (χ1n) is 8.69. The number of fused-ring (bicyclic) bond motifs is 1. The molecule has 0 saturated carbocycles. The predicted octanol–water partition coefficient (Wildman–Crippen LogP) is 3.42. The second-order valence-corrected chi connectivity index (χ2v) is 6.81. The van der Waals surface area contributed by atoms with Crippen molar-refractivity contribution in [1.29, 1.82) is 0 Å². The average Bonchev–Trinajstić information content (AvgIpc) is 2.96. The number of carbonyl (C=O) groups is 2. The summed E-state index contributed by atoms with van der Waals surface area (Å²) in [5.41, 5.74) is 1.86. The van der Waals surface area contributed by atoms with E-state index >= 15 is 0 Å². The van der Waals surface area contributed by atoms with E-state index < -0.39 is 11.7 Å². The molecule has 3 rings (SSSR count). The van der Waals surface area contributed by atoms with Crippen molar-refractivity contribution in [1.82, 2.24) is 14.7 Å². The number of benzene rings is 1. The summed E-state index contributed by atoms with van der Waals surface area (Å²) in [6, 6.07) is 8.98. The summed E-state index contributed by atoms with van der Waals surface area (Å²) in [5.74, 6) is -0.969. The van der Waals surface area contributed by atoms with Crippen LogP contribution in [0.1, 0.15) is 40.3 Å². The first kappa shape index (κ1) is 18.6. The SMILES string of the molecule is Cc1ccc2nc(NC(=O)c3cccc(F)c3)c(C(=O)NCC(C)C)n2c1. The maximum Gasteiger partial charge on any atom is 0.272 e. The molecule has 140 valence electrons. The minimum Gasteiger partial charge on any atom is -0.350 e. The third-order valence-corrected chi connectivity index (χ3v) is 3.97. The Morgan fingerprint density at radius 3 is 2.67 bits per heavy atom. The van der Waals surface area contributed by atoms with Crippen LogP contribution < -0.4 is 10.6 Å². The lowest BCUT2D eigenvalue weighted by molar-refractivity contribution is 0.0944. The minimum absolute atomic E-state index is 0.135. The number of anilines is 1. The third-order valence-electron chi connectivity index (χ3n) is 3.97. The zero-order valence-electron chi connectivity index (χ0n) is 15.4. The Kier molecular flexibility index (Phi) is 5.21. The van der Waals surface area contributed by atoms with Gasteiger partial charge in [0.25, 0.3) is 11.8 Å². The number of nitrogens with one attached hydrogen (secondary N) is 2.